The SMILES string of the molecule is CCNC(=NCc1ccnc(N2CCN(C)CC2)c1)NCCc1ccc2c(c1)OCO2. The third-order valence-electron chi connectivity index (χ3n) is 5.54. The van der Waals surface area contributed by atoms with Crippen molar-refractivity contribution in [3.05, 3.63) is 47.7 Å². The zero-order valence-electron chi connectivity index (χ0n) is 18.4. The number of hydrogen-bond donors (Lipinski definition) is 2. The molecule has 1 saturated heterocycles. The summed E-state index contributed by atoms with van der Waals surface area (Å²) < 4.78 is 10.8. The monoisotopic (exact) mass is 424 g/mol. The van der Waals surface area contributed by atoms with Crippen LogP contribution in [0.4, 0.5) is 5.82 Å². The van der Waals surface area contributed by atoms with Gasteiger partial charge in [-0.3, -0.25) is 0 Å². The summed E-state index contributed by atoms with van der Waals surface area (Å²) >= 11 is 0. The van der Waals surface area contributed by atoms with Crippen LogP contribution in [0.5, 0.6) is 11.5 Å². The van der Waals surface area contributed by atoms with Crippen LogP contribution >= 0.6 is 0 Å². The van der Waals surface area contributed by atoms with E-state index >= 15 is 0 Å². The lowest BCUT2D eigenvalue weighted by Gasteiger charge is -2.33. The highest BCUT2D eigenvalue weighted by atomic mass is 16.7. The highest BCUT2D eigenvalue weighted by molar-refractivity contribution is 5.79. The van der Waals surface area contributed by atoms with Crippen molar-refractivity contribution < 1.29 is 9.47 Å². The molecule has 2 aliphatic rings. The molecule has 0 unspecified atom stereocenters. The van der Waals surface area contributed by atoms with Crippen LogP contribution in [0.25, 0.3) is 0 Å². The zero-order valence-corrected chi connectivity index (χ0v) is 18.4. The quantitative estimate of drug-likeness (QED) is 0.519. The van der Waals surface area contributed by atoms with Crippen molar-refractivity contribution >= 4 is 11.8 Å². The van der Waals surface area contributed by atoms with Crippen molar-refractivity contribution in [2.75, 3.05) is 58.0 Å². The Morgan fingerprint density at radius 1 is 1.03 bits per heavy atom. The molecule has 2 N–H and O–H groups in total. The van der Waals surface area contributed by atoms with Crippen LogP contribution in [-0.4, -0.2) is 69.0 Å². The minimum Gasteiger partial charge on any atom is -0.454 e. The first kappa shape index (κ1) is 21.2. The molecule has 0 saturated carbocycles. The van der Waals surface area contributed by atoms with E-state index in [2.05, 4.69) is 51.5 Å². The molecular formula is C23H32N6O2. The summed E-state index contributed by atoms with van der Waals surface area (Å²) in [5, 5.41) is 6.75. The number of nitrogens with zero attached hydrogens (tertiary/aromatic N) is 4. The van der Waals surface area contributed by atoms with Crippen molar-refractivity contribution in [2.45, 2.75) is 19.9 Å². The molecule has 0 spiro atoms. The normalized spacial score (nSPS) is 16.5. The minimum absolute atomic E-state index is 0.305. The number of nitrogens with one attached hydrogen (secondary N) is 2. The average molecular weight is 425 g/mol. The van der Waals surface area contributed by atoms with Gasteiger partial charge in [0.15, 0.2) is 17.5 Å². The first-order valence-electron chi connectivity index (χ1n) is 11.0. The predicted molar refractivity (Wildman–Crippen MR) is 123 cm³/mol. The molecule has 0 aliphatic carbocycles. The van der Waals surface area contributed by atoms with Crippen LogP contribution < -0.4 is 25.0 Å². The third-order valence-corrected chi connectivity index (χ3v) is 5.54. The lowest BCUT2D eigenvalue weighted by Crippen LogP contribution is -2.44. The Kier molecular flexibility index (Phi) is 7.09. The molecule has 8 heteroatoms. The summed E-state index contributed by atoms with van der Waals surface area (Å²) in [4.78, 5) is 14.0. The number of ether oxygens (including phenoxy) is 2. The van der Waals surface area contributed by atoms with Gasteiger partial charge in [0.05, 0.1) is 6.54 Å². The number of guanidine groups is 1. The first-order valence-corrected chi connectivity index (χ1v) is 11.0. The molecule has 0 radical (unpaired) electrons. The number of piperazine rings is 1. The van der Waals surface area contributed by atoms with E-state index in [-0.39, 0.29) is 0 Å². The van der Waals surface area contributed by atoms with E-state index in [4.69, 9.17) is 14.5 Å². The van der Waals surface area contributed by atoms with E-state index in [9.17, 15) is 0 Å². The second kappa shape index (κ2) is 10.3. The zero-order chi connectivity index (χ0) is 21.5. The average Bonchev–Trinajstić information content (AvgIpc) is 3.26. The third kappa shape index (κ3) is 5.79. The molecule has 1 aromatic heterocycles. The van der Waals surface area contributed by atoms with Gasteiger partial charge in [-0.1, -0.05) is 6.07 Å². The Morgan fingerprint density at radius 3 is 2.71 bits per heavy atom. The molecule has 0 atom stereocenters. The van der Waals surface area contributed by atoms with Crippen molar-refractivity contribution in [1.82, 2.24) is 20.5 Å². The van der Waals surface area contributed by atoms with Gasteiger partial charge in [0, 0.05) is 45.5 Å². The maximum Gasteiger partial charge on any atom is 0.231 e. The van der Waals surface area contributed by atoms with Crippen LogP contribution in [0.2, 0.25) is 0 Å². The van der Waals surface area contributed by atoms with Gasteiger partial charge in [0.2, 0.25) is 6.79 Å². The van der Waals surface area contributed by atoms with Gasteiger partial charge < -0.3 is 29.9 Å². The number of benzene rings is 1. The number of anilines is 1. The van der Waals surface area contributed by atoms with Crippen LogP contribution in [-0.2, 0) is 13.0 Å². The summed E-state index contributed by atoms with van der Waals surface area (Å²) in [7, 11) is 2.16. The number of fused-ring (bicyclic) bond motifs is 1. The van der Waals surface area contributed by atoms with Gasteiger partial charge in [-0.25, -0.2) is 9.98 Å². The van der Waals surface area contributed by atoms with Crippen molar-refractivity contribution in [1.29, 1.82) is 0 Å². The summed E-state index contributed by atoms with van der Waals surface area (Å²) in [6.07, 6.45) is 2.77. The van der Waals surface area contributed by atoms with Gasteiger partial charge in [0.25, 0.3) is 0 Å². The number of likely N-dealkylation sites (N-methyl/N-ethyl adjacent to an activating group) is 1. The molecule has 4 rings (SSSR count). The number of hydrogen-bond acceptors (Lipinski definition) is 6. The van der Waals surface area contributed by atoms with Gasteiger partial charge >= 0.3 is 0 Å². The topological polar surface area (TPSA) is 74.3 Å². The maximum atomic E-state index is 5.46. The van der Waals surface area contributed by atoms with Crippen LogP contribution in [0.3, 0.4) is 0 Å². The molecule has 1 aromatic carbocycles. The minimum atomic E-state index is 0.305. The summed E-state index contributed by atoms with van der Waals surface area (Å²) in [6.45, 7) is 8.77. The van der Waals surface area contributed by atoms with E-state index in [0.29, 0.717) is 13.3 Å². The predicted octanol–water partition coefficient (Wildman–Crippen LogP) is 1.86. The molecule has 0 amide bonds. The Labute approximate surface area is 184 Å². The number of rotatable bonds is 7. The van der Waals surface area contributed by atoms with E-state index in [0.717, 1.165) is 74.5 Å². The van der Waals surface area contributed by atoms with Gasteiger partial charge in [0.1, 0.15) is 5.82 Å². The standard InChI is InChI=1S/C23H32N6O2/c1-3-24-23(26-9-6-18-4-5-20-21(14-18)31-17-30-20)27-16-19-7-8-25-22(15-19)29-12-10-28(2)11-13-29/h4-5,7-8,14-15H,3,6,9-13,16-17H2,1-2H3,(H2,24,26,27). The lowest BCUT2D eigenvalue weighted by molar-refractivity contribution is 0.174. The van der Waals surface area contributed by atoms with Crippen LogP contribution in [0.15, 0.2) is 41.5 Å². The smallest absolute Gasteiger partial charge is 0.231 e. The van der Waals surface area contributed by atoms with Crippen molar-refractivity contribution in [2.24, 2.45) is 4.99 Å². The van der Waals surface area contributed by atoms with Gasteiger partial charge in [-0.05, 0) is 55.8 Å². The van der Waals surface area contributed by atoms with Crippen molar-refractivity contribution in [3.63, 3.8) is 0 Å². The molecule has 166 valence electrons. The van der Waals surface area contributed by atoms with Crippen molar-refractivity contribution in [3.8, 4) is 11.5 Å². The van der Waals surface area contributed by atoms with E-state index < -0.39 is 0 Å². The van der Waals surface area contributed by atoms with Crippen LogP contribution in [0.1, 0.15) is 18.1 Å². The summed E-state index contributed by atoms with van der Waals surface area (Å²) in [5.41, 5.74) is 2.37. The maximum absolute atomic E-state index is 5.46. The highest BCUT2D eigenvalue weighted by Crippen LogP contribution is 2.32. The Morgan fingerprint density at radius 2 is 1.87 bits per heavy atom. The Hall–Kier alpha value is -3.00. The fourth-order valence-electron chi connectivity index (χ4n) is 3.70. The molecule has 3 heterocycles. The summed E-state index contributed by atoms with van der Waals surface area (Å²) in [6, 6.07) is 10.3. The van der Waals surface area contributed by atoms with Gasteiger partial charge in [-0.15, -0.1) is 0 Å². The van der Waals surface area contributed by atoms with E-state index in [1.165, 1.54) is 5.56 Å². The largest absolute Gasteiger partial charge is 0.454 e. The highest BCUT2D eigenvalue weighted by Gasteiger charge is 2.15. The second-order valence-electron chi connectivity index (χ2n) is 7.87. The Balaban J connectivity index is 1.31. The van der Waals surface area contributed by atoms with Gasteiger partial charge in [-0.2, -0.15) is 0 Å². The van der Waals surface area contributed by atoms with Crippen LogP contribution in [0, 0.1) is 0 Å². The lowest BCUT2D eigenvalue weighted by atomic mass is 10.1. The molecule has 1 fully saturated rings. The Bertz CT molecular complexity index is 895. The molecule has 2 aliphatic heterocycles. The fourth-order valence-corrected chi connectivity index (χ4v) is 3.70. The number of pyridine rings is 1. The van der Waals surface area contributed by atoms with E-state index in [1.54, 1.807) is 0 Å². The fraction of sp³-hybridized carbons (Fsp3) is 0.478. The van der Waals surface area contributed by atoms with E-state index in [1.807, 2.05) is 24.4 Å². The second-order valence-corrected chi connectivity index (χ2v) is 7.87. The number of aliphatic imine (C=N–C) groups is 1. The molecular weight excluding hydrogens is 392 g/mol. The summed E-state index contributed by atoms with van der Waals surface area (Å²) in [5.74, 6) is 3.51. The molecule has 31 heavy (non-hydrogen) atoms. The molecule has 8 nitrogen and oxygen atoms in total. The molecule has 0 bridgehead atoms. The number of aromatic nitrogens is 1. The first-order chi connectivity index (χ1) is 15.2. The molecule has 2 aromatic rings.